The van der Waals surface area contributed by atoms with Gasteiger partial charge in [0.15, 0.2) is 5.13 Å². The van der Waals surface area contributed by atoms with Crippen molar-refractivity contribution in [1.29, 1.82) is 0 Å². The van der Waals surface area contributed by atoms with Gasteiger partial charge in [-0.1, -0.05) is 29.0 Å². The Balaban J connectivity index is 0.00000306. The van der Waals surface area contributed by atoms with Crippen molar-refractivity contribution >= 4 is 68.4 Å². The van der Waals surface area contributed by atoms with Crippen molar-refractivity contribution in [3.8, 4) is 5.75 Å². The van der Waals surface area contributed by atoms with Crippen LogP contribution in [0.5, 0.6) is 5.75 Å². The summed E-state index contributed by atoms with van der Waals surface area (Å²) in [5.74, 6) is 1.19. The zero-order chi connectivity index (χ0) is 22.3. The molecule has 2 aromatic carbocycles. The lowest BCUT2D eigenvalue weighted by molar-refractivity contribution is -0.116. The molecule has 1 fully saturated rings. The first-order valence-corrected chi connectivity index (χ1v) is 12.7. The zero-order valence-corrected chi connectivity index (χ0v) is 21.6. The van der Waals surface area contributed by atoms with Gasteiger partial charge < -0.3 is 9.47 Å². The minimum Gasteiger partial charge on any atom is -0.497 e. The molecule has 1 saturated heterocycles. The number of nitrogens with zero attached hydrogens (tertiary/aromatic N) is 3. The third kappa shape index (κ3) is 6.97. The van der Waals surface area contributed by atoms with Gasteiger partial charge in [-0.25, -0.2) is 4.98 Å². The highest BCUT2D eigenvalue weighted by Gasteiger charge is 2.21. The van der Waals surface area contributed by atoms with Gasteiger partial charge in [0.05, 0.1) is 35.8 Å². The minimum atomic E-state index is 0. The van der Waals surface area contributed by atoms with E-state index in [1.54, 1.807) is 7.11 Å². The van der Waals surface area contributed by atoms with E-state index >= 15 is 0 Å². The summed E-state index contributed by atoms with van der Waals surface area (Å²) in [5, 5.41) is 1.31. The summed E-state index contributed by atoms with van der Waals surface area (Å²) in [6.45, 7) is 4.99. The van der Waals surface area contributed by atoms with E-state index in [0.717, 1.165) is 60.1 Å². The van der Waals surface area contributed by atoms with Gasteiger partial charge in [-0.05, 0) is 42.8 Å². The van der Waals surface area contributed by atoms with E-state index in [2.05, 4.69) is 4.90 Å². The van der Waals surface area contributed by atoms with Crippen LogP contribution in [-0.2, 0) is 9.53 Å². The van der Waals surface area contributed by atoms with Crippen LogP contribution in [0.4, 0.5) is 5.13 Å². The molecule has 2 heterocycles. The Hall–Kier alpha value is -1.55. The molecular weight excluding hydrogens is 501 g/mol. The van der Waals surface area contributed by atoms with Crippen molar-refractivity contribution in [1.82, 2.24) is 9.88 Å². The van der Waals surface area contributed by atoms with E-state index < -0.39 is 0 Å². The average molecular weight is 529 g/mol. The van der Waals surface area contributed by atoms with Crippen molar-refractivity contribution < 1.29 is 14.3 Å². The third-order valence-electron chi connectivity index (χ3n) is 5.27. The van der Waals surface area contributed by atoms with Crippen molar-refractivity contribution in [2.45, 2.75) is 11.3 Å². The summed E-state index contributed by atoms with van der Waals surface area (Å²) in [6.07, 6.45) is 0.878. The van der Waals surface area contributed by atoms with Crippen LogP contribution in [-0.4, -0.2) is 68.0 Å². The van der Waals surface area contributed by atoms with Gasteiger partial charge in [0, 0.05) is 31.1 Å². The summed E-state index contributed by atoms with van der Waals surface area (Å²) in [5.41, 5.74) is 0.753. The van der Waals surface area contributed by atoms with E-state index in [0.29, 0.717) is 22.5 Å². The lowest BCUT2D eigenvalue weighted by Gasteiger charge is -2.27. The highest BCUT2D eigenvalue weighted by atomic mass is 35.5. The van der Waals surface area contributed by atoms with Crippen LogP contribution in [0.1, 0.15) is 6.42 Å². The molecule has 6 nitrogen and oxygen atoms in total. The Morgan fingerprint density at radius 1 is 1.24 bits per heavy atom. The second-order valence-corrected chi connectivity index (χ2v) is 9.87. The van der Waals surface area contributed by atoms with E-state index in [-0.39, 0.29) is 18.3 Å². The molecule has 1 aliphatic heterocycles. The smallest absolute Gasteiger partial charge is 0.239 e. The first kappa shape index (κ1) is 26.1. The number of morpholine rings is 1. The number of halogens is 2. The van der Waals surface area contributed by atoms with Crippen molar-refractivity contribution in [3.05, 3.63) is 47.5 Å². The second kappa shape index (κ2) is 12.8. The fraction of sp³-hybridized carbons (Fsp3) is 0.391. The van der Waals surface area contributed by atoms with Crippen molar-refractivity contribution in [2.75, 3.05) is 57.2 Å². The number of carbonyl (C=O) groups is 1. The van der Waals surface area contributed by atoms with Crippen LogP contribution < -0.4 is 9.64 Å². The molecule has 3 aromatic rings. The molecule has 0 unspecified atom stereocenters. The summed E-state index contributed by atoms with van der Waals surface area (Å²) in [7, 11) is 1.64. The number of carbonyl (C=O) groups excluding carboxylic acids is 1. The van der Waals surface area contributed by atoms with Gasteiger partial charge in [-0.3, -0.25) is 14.6 Å². The summed E-state index contributed by atoms with van der Waals surface area (Å²) in [6, 6.07) is 13.5. The first-order valence-electron chi connectivity index (χ1n) is 10.6. The first-order chi connectivity index (χ1) is 15.6. The standard InChI is InChI=1S/C23H26ClN3O3S2.ClH/c1-29-17-6-8-18(9-7-17)31-16-21(28)27(11-3-10-26-12-14-30-15-13-26)23-25-22-19(24)4-2-5-20(22)32-23;/h2,4-9H,3,10-16H2,1H3;1H. The Bertz CT molecular complexity index is 1040. The molecule has 0 saturated carbocycles. The molecule has 1 aromatic heterocycles. The van der Waals surface area contributed by atoms with Crippen LogP contribution in [0.2, 0.25) is 5.02 Å². The molecule has 1 aliphatic rings. The van der Waals surface area contributed by atoms with Crippen LogP contribution >= 0.6 is 47.1 Å². The second-order valence-electron chi connectivity index (χ2n) is 7.40. The fourth-order valence-corrected chi connectivity index (χ4v) is 5.60. The highest BCUT2D eigenvalue weighted by molar-refractivity contribution is 8.00. The topological polar surface area (TPSA) is 54.9 Å². The molecular formula is C23H27Cl2N3O3S2. The number of rotatable bonds is 9. The maximum Gasteiger partial charge on any atom is 0.239 e. The molecule has 0 aliphatic carbocycles. The summed E-state index contributed by atoms with van der Waals surface area (Å²) < 4.78 is 11.6. The molecule has 33 heavy (non-hydrogen) atoms. The number of amides is 1. The molecule has 0 N–H and O–H groups in total. The van der Waals surface area contributed by atoms with Crippen LogP contribution in [0, 0.1) is 0 Å². The molecule has 0 radical (unpaired) electrons. The average Bonchev–Trinajstić information content (AvgIpc) is 3.26. The predicted molar refractivity (Wildman–Crippen MR) is 140 cm³/mol. The van der Waals surface area contributed by atoms with Gasteiger partial charge in [0.1, 0.15) is 11.3 Å². The number of para-hydroxylation sites is 1. The molecule has 0 spiro atoms. The Labute approximate surface area is 213 Å². The maximum absolute atomic E-state index is 13.3. The Morgan fingerprint density at radius 3 is 2.70 bits per heavy atom. The lowest BCUT2D eigenvalue weighted by Crippen LogP contribution is -2.39. The maximum atomic E-state index is 13.3. The van der Waals surface area contributed by atoms with Crippen molar-refractivity contribution in [3.63, 3.8) is 0 Å². The van der Waals surface area contributed by atoms with Gasteiger partial charge in [-0.2, -0.15) is 0 Å². The third-order valence-corrected chi connectivity index (χ3v) is 7.62. The van der Waals surface area contributed by atoms with E-state index in [1.165, 1.54) is 23.1 Å². The Morgan fingerprint density at radius 2 is 2.00 bits per heavy atom. The Kier molecular flexibility index (Phi) is 10.1. The number of ether oxygens (including phenoxy) is 2. The van der Waals surface area contributed by atoms with E-state index in [9.17, 15) is 4.79 Å². The van der Waals surface area contributed by atoms with Gasteiger partial charge in [-0.15, -0.1) is 24.2 Å². The SMILES string of the molecule is COc1ccc(SCC(=O)N(CCCN2CCOCC2)c2nc3c(Cl)cccc3s2)cc1.Cl. The van der Waals surface area contributed by atoms with Gasteiger partial charge in [0.25, 0.3) is 0 Å². The largest absolute Gasteiger partial charge is 0.497 e. The molecule has 4 rings (SSSR count). The predicted octanol–water partition coefficient (Wildman–Crippen LogP) is 5.23. The number of methoxy groups -OCH3 is 1. The monoisotopic (exact) mass is 527 g/mol. The van der Waals surface area contributed by atoms with E-state index in [4.69, 9.17) is 26.1 Å². The number of aromatic nitrogens is 1. The number of fused-ring (bicyclic) bond motifs is 1. The van der Waals surface area contributed by atoms with Crippen LogP contribution in [0.25, 0.3) is 10.2 Å². The lowest BCUT2D eigenvalue weighted by atomic mass is 10.3. The van der Waals surface area contributed by atoms with Crippen LogP contribution in [0.3, 0.4) is 0 Å². The minimum absolute atomic E-state index is 0. The summed E-state index contributed by atoms with van der Waals surface area (Å²) >= 11 is 9.36. The van der Waals surface area contributed by atoms with Crippen LogP contribution in [0.15, 0.2) is 47.4 Å². The van der Waals surface area contributed by atoms with Crippen molar-refractivity contribution in [2.24, 2.45) is 0 Å². The molecule has 0 bridgehead atoms. The number of hydrogen-bond donors (Lipinski definition) is 0. The summed E-state index contributed by atoms with van der Waals surface area (Å²) in [4.78, 5) is 23.2. The molecule has 178 valence electrons. The zero-order valence-electron chi connectivity index (χ0n) is 18.4. The number of thiazole rings is 1. The number of hydrogen-bond acceptors (Lipinski definition) is 7. The molecule has 0 atom stereocenters. The quantitative estimate of drug-likeness (QED) is 0.355. The highest BCUT2D eigenvalue weighted by Crippen LogP contribution is 2.33. The molecule has 1 amide bonds. The number of anilines is 1. The fourth-order valence-electron chi connectivity index (χ4n) is 3.52. The molecule has 10 heteroatoms. The van der Waals surface area contributed by atoms with Gasteiger partial charge in [0.2, 0.25) is 5.91 Å². The number of benzene rings is 2. The normalized spacial score (nSPS) is 14.1. The van der Waals surface area contributed by atoms with E-state index in [1.807, 2.05) is 47.4 Å². The number of thioether (sulfide) groups is 1. The van der Waals surface area contributed by atoms with Gasteiger partial charge >= 0.3 is 0 Å².